The fourth-order valence-electron chi connectivity index (χ4n) is 2.58. The van der Waals surface area contributed by atoms with Crippen molar-refractivity contribution in [2.75, 3.05) is 26.7 Å². The maximum absolute atomic E-state index is 13.9. The van der Waals surface area contributed by atoms with E-state index in [1.54, 1.807) is 12.1 Å². The third-order valence-corrected chi connectivity index (χ3v) is 3.59. The smallest absolute Gasteiger partial charge is 0.248 e. The number of hydrogen-bond donors (Lipinski definition) is 2. The summed E-state index contributed by atoms with van der Waals surface area (Å²) in [5.74, 6) is -0.313. The predicted octanol–water partition coefficient (Wildman–Crippen LogP) is 0.966. The molecule has 1 unspecified atom stereocenters. The Morgan fingerprint density at radius 2 is 2.37 bits per heavy atom. The van der Waals surface area contributed by atoms with Gasteiger partial charge in [0.2, 0.25) is 5.91 Å². The average molecular weight is 265 g/mol. The molecule has 0 spiro atoms. The minimum absolute atomic E-state index is 0.218. The molecule has 1 aliphatic rings. The van der Waals surface area contributed by atoms with Gasteiger partial charge in [-0.3, -0.25) is 9.69 Å². The van der Waals surface area contributed by atoms with Crippen LogP contribution in [0.15, 0.2) is 18.2 Å². The number of rotatable bonds is 5. The molecule has 104 valence electrons. The Kier molecular flexibility index (Phi) is 4.50. The lowest BCUT2D eigenvalue weighted by Crippen LogP contribution is -2.24. The highest BCUT2D eigenvalue weighted by atomic mass is 19.1. The standard InChI is InChI=1S/C14H20FN3O/c1-17-7-10-4-5-18(8-10)9-12-3-2-11(14(16)19)6-13(12)15/h2-3,6,10,17H,4-5,7-9H2,1H3,(H2,16,19). The molecule has 1 aromatic rings. The molecular weight excluding hydrogens is 245 g/mol. The zero-order valence-corrected chi connectivity index (χ0v) is 11.2. The van der Waals surface area contributed by atoms with Crippen molar-refractivity contribution < 1.29 is 9.18 Å². The number of carbonyl (C=O) groups is 1. The molecule has 0 aliphatic carbocycles. The molecule has 1 heterocycles. The highest BCUT2D eigenvalue weighted by Gasteiger charge is 2.22. The Balaban J connectivity index is 1.98. The van der Waals surface area contributed by atoms with Crippen LogP contribution >= 0.6 is 0 Å². The molecule has 1 saturated heterocycles. The molecule has 0 saturated carbocycles. The van der Waals surface area contributed by atoms with Crippen molar-refractivity contribution in [1.82, 2.24) is 10.2 Å². The molecule has 1 atom stereocenters. The number of nitrogens with zero attached hydrogens (tertiary/aromatic N) is 1. The van der Waals surface area contributed by atoms with Gasteiger partial charge in [-0.1, -0.05) is 6.07 Å². The Bertz CT molecular complexity index is 464. The minimum atomic E-state index is -0.597. The van der Waals surface area contributed by atoms with E-state index in [0.29, 0.717) is 18.0 Å². The fraction of sp³-hybridized carbons (Fsp3) is 0.500. The SMILES string of the molecule is CNCC1CCN(Cc2ccc(C(N)=O)cc2F)C1. The normalized spacial score (nSPS) is 19.8. The third kappa shape index (κ3) is 3.52. The van der Waals surface area contributed by atoms with E-state index < -0.39 is 5.91 Å². The summed E-state index contributed by atoms with van der Waals surface area (Å²) in [6.07, 6.45) is 1.14. The van der Waals surface area contributed by atoms with Crippen molar-refractivity contribution in [3.8, 4) is 0 Å². The van der Waals surface area contributed by atoms with Crippen molar-refractivity contribution in [3.63, 3.8) is 0 Å². The van der Waals surface area contributed by atoms with Crippen LogP contribution in [0, 0.1) is 11.7 Å². The van der Waals surface area contributed by atoms with Crippen LogP contribution in [0.3, 0.4) is 0 Å². The molecule has 0 aromatic heterocycles. The maximum Gasteiger partial charge on any atom is 0.248 e. The second-order valence-electron chi connectivity index (χ2n) is 5.12. The monoisotopic (exact) mass is 265 g/mol. The van der Waals surface area contributed by atoms with E-state index in [4.69, 9.17) is 5.73 Å². The number of carbonyl (C=O) groups excluding carboxylic acids is 1. The Labute approximate surface area is 112 Å². The molecule has 3 N–H and O–H groups in total. The van der Waals surface area contributed by atoms with Gasteiger partial charge < -0.3 is 11.1 Å². The lowest BCUT2D eigenvalue weighted by molar-refractivity contribution is 0.1000. The first-order valence-corrected chi connectivity index (χ1v) is 6.55. The van der Waals surface area contributed by atoms with Crippen molar-refractivity contribution in [3.05, 3.63) is 35.1 Å². The summed E-state index contributed by atoms with van der Waals surface area (Å²) in [7, 11) is 1.95. The van der Waals surface area contributed by atoms with Gasteiger partial charge in [0.05, 0.1) is 0 Å². The van der Waals surface area contributed by atoms with Crippen LogP contribution in [-0.4, -0.2) is 37.5 Å². The predicted molar refractivity (Wildman–Crippen MR) is 72.2 cm³/mol. The van der Waals surface area contributed by atoms with E-state index in [0.717, 1.165) is 26.1 Å². The van der Waals surface area contributed by atoms with Crippen LogP contribution in [0.5, 0.6) is 0 Å². The van der Waals surface area contributed by atoms with Crippen LogP contribution in [0.2, 0.25) is 0 Å². The lowest BCUT2D eigenvalue weighted by Gasteiger charge is -2.16. The van der Waals surface area contributed by atoms with Gasteiger partial charge in [-0.05, 0) is 44.6 Å². The Hall–Kier alpha value is -1.46. The third-order valence-electron chi connectivity index (χ3n) is 3.59. The number of likely N-dealkylation sites (tertiary alicyclic amines) is 1. The fourth-order valence-corrected chi connectivity index (χ4v) is 2.58. The van der Waals surface area contributed by atoms with Crippen molar-refractivity contribution in [2.24, 2.45) is 11.7 Å². The van der Waals surface area contributed by atoms with Gasteiger partial charge in [-0.15, -0.1) is 0 Å². The highest BCUT2D eigenvalue weighted by Crippen LogP contribution is 2.20. The van der Waals surface area contributed by atoms with Gasteiger partial charge in [0, 0.05) is 24.2 Å². The summed E-state index contributed by atoms with van der Waals surface area (Å²) in [5, 5.41) is 3.17. The molecule has 2 rings (SSSR count). The number of nitrogens with two attached hydrogens (primary N) is 1. The number of primary amides is 1. The van der Waals surface area contributed by atoms with Crippen molar-refractivity contribution in [1.29, 1.82) is 0 Å². The average Bonchev–Trinajstić information content (AvgIpc) is 2.79. The first-order valence-electron chi connectivity index (χ1n) is 6.55. The Morgan fingerprint density at radius 1 is 1.58 bits per heavy atom. The highest BCUT2D eigenvalue weighted by molar-refractivity contribution is 5.92. The molecule has 0 radical (unpaired) electrons. The van der Waals surface area contributed by atoms with E-state index in [1.807, 2.05) is 7.05 Å². The molecule has 1 aromatic carbocycles. The second kappa shape index (κ2) is 6.12. The van der Waals surface area contributed by atoms with Crippen LogP contribution in [0.25, 0.3) is 0 Å². The van der Waals surface area contributed by atoms with E-state index in [9.17, 15) is 9.18 Å². The zero-order valence-electron chi connectivity index (χ0n) is 11.2. The van der Waals surface area contributed by atoms with Crippen molar-refractivity contribution >= 4 is 5.91 Å². The van der Waals surface area contributed by atoms with Crippen molar-refractivity contribution in [2.45, 2.75) is 13.0 Å². The summed E-state index contributed by atoms with van der Waals surface area (Å²) in [6.45, 7) is 3.56. The second-order valence-corrected chi connectivity index (χ2v) is 5.12. The van der Waals surface area contributed by atoms with E-state index >= 15 is 0 Å². The molecule has 1 aliphatic heterocycles. The van der Waals surface area contributed by atoms with Gasteiger partial charge in [-0.2, -0.15) is 0 Å². The van der Waals surface area contributed by atoms with E-state index in [2.05, 4.69) is 10.2 Å². The largest absolute Gasteiger partial charge is 0.366 e. The molecule has 19 heavy (non-hydrogen) atoms. The topological polar surface area (TPSA) is 58.4 Å². The Morgan fingerprint density at radius 3 is 3.00 bits per heavy atom. The van der Waals surface area contributed by atoms with Crippen LogP contribution in [-0.2, 0) is 6.54 Å². The zero-order chi connectivity index (χ0) is 13.8. The molecule has 1 amide bonds. The molecule has 4 nitrogen and oxygen atoms in total. The summed E-state index contributed by atoms with van der Waals surface area (Å²) in [4.78, 5) is 13.2. The first-order chi connectivity index (χ1) is 9.10. The van der Waals surface area contributed by atoms with Crippen LogP contribution in [0.1, 0.15) is 22.3 Å². The van der Waals surface area contributed by atoms with Crippen LogP contribution in [0.4, 0.5) is 4.39 Å². The maximum atomic E-state index is 13.9. The minimum Gasteiger partial charge on any atom is -0.366 e. The molecule has 5 heteroatoms. The number of benzene rings is 1. The summed E-state index contributed by atoms with van der Waals surface area (Å²) in [6, 6.07) is 4.46. The number of amides is 1. The number of hydrogen-bond acceptors (Lipinski definition) is 3. The van der Waals surface area contributed by atoms with Gasteiger partial charge in [0.25, 0.3) is 0 Å². The molecule has 1 fully saturated rings. The quantitative estimate of drug-likeness (QED) is 0.834. The van der Waals surface area contributed by atoms with Gasteiger partial charge in [-0.25, -0.2) is 4.39 Å². The lowest BCUT2D eigenvalue weighted by atomic mass is 10.1. The van der Waals surface area contributed by atoms with Gasteiger partial charge in [0.1, 0.15) is 5.82 Å². The van der Waals surface area contributed by atoms with E-state index in [1.165, 1.54) is 6.07 Å². The van der Waals surface area contributed by atoms with Crippen LogP contribution < -0.4 is 11.1 Å². The summed E-state index contributed by atoms with van der Waals surface area (Å²) >= 11 is 0. The summed E-state index contributed by atoms with van der Waals surface area (Å²) < 4.78 is 13.9. The van der Waals surface area contributed by atoms with Gasteiger partial charge >= 0.3 is 0 Å². The van der Waals surface area contributed by atoms with E-state index in [-0.39, 0.29) is 11.4 Å². The first kappa shape index (κ1) is 14.0. The molecular formula is C14H20FN3O. The number of halogens is 1. The molecule has 0 bridgehead atoms. The summed E-state index contributed by atoms with van der Waals surface area (Å²) in [5.41, 5.74) is 5.96. The van der Waals surface area contributed by atoms with Gasteiger partial charge in [0.15, 0.2) is 0 Å². The number of nitrogens with one attached hydrogen (secondary N) is 1.